The van der Waals surface area contributed by atoms with E-state index in [1.54, 1.807) is 13.2 Å². The number of ether oxygens (including phenoxy) is 1. The van der Waals surface area contributed by atoms with Crippen molar-refractivity contribution in [2.75, 3.05) is 12.4 Å². The van der Waals surface area contributed by atoms with E-state index < -0.39 is 0 Å². The minimum absolute atomic E-state index is 0.204. The Labute approximate surface area is 117 Å². The van der Waals surface area contributed by atoms with Crippen LogP contribution in [0.1, 0.15) is 11.1 Å². The Morgan fingerprint density at radius 2 is 2.00 bits per heavy atom. The van der Waals surface area contributed by atoms with Gasteiger partial charge >= 0.3 is 0 Å². The zero-order valence-corrected chi connectivity index (χ0v) is 11.7. The lowest BCUT2D eigenvalue weighted by molar-refractivity contribution is 0.406. The molecule has 0 unspecified atom stereocenters. The summed E-state index contributed by atoms with van der Waals surface area (Å²) in [4.78, 5) is 0. The van der Waals surface area contributed by atoms with E-state index in [4.69, 9.17) is 16.3 Å². The average molecular weight is 278 g/mol. The molecule has 0 aromatic heterocycles. The molecule has 2 N–H and O–H groups in total. The zero-order valence-electron chi connectivity index (χ0n) is 10.9. The van der Waals surface area contributed by atoms with Crippen molar-refractivity contribution in [2.24, 2.45) is 0 Å². The second-order valence-corrected chi connectivity index (χ2v) is 4.74. The summed E-state index contributed by atoms with van der Waals surface area (Å²) in [7, 11) is 1.57. The molecule has 0 saturated carbocycles. The molecule has 0 aliphatic rings. The van der Waals surface area contributed by atoms with Gasteiger partial charge in [-0.2, -0.15) is 0 Å². The normalized spacial score (nSPS) is 10.3. The van der Waals surface area contributed by atoms with E-state index in [1.165, 1.54) is 0 Å². The third-order valence-electron chi connectivity index (χ3n) is 2.89. The van der Waals surface area contributed by atoms with Crippen molar-refractivity contribution in [2.45, 2.75) is 13.5 Å². The van der Waals surface area contributed by atoms with E-state index in [2.05, 4.69) is 5.32 Å². The highest BCUT2D eigenvalue weighted by Gasteiger charge is 2.05. The van der Waals surface area contributed by atoms with Crippen LogP contribution >= 0.6 is 11.6 Å². The van der Waals surface area contributed by atoms with Gasteiger partial charge in [-0.1, -0.05) is 17.7 Å². The van der Waals surface area contributed by atoms with Gasteiger partial charge < -0.3 is 15.2 Å². The fourth-order valence-corrected chi connectivity index (χ4v) is 2.08. The topological polar surface area (TPSA) is 41.5 Å². The van der Waals surface area contributed by atoms with Crippen LogP contribution in [0.15, 0.2) is 36.4 Å². The number of phenols is 1. The predicted octanol–water partition coefficient (Wildman–Crippen LogP) is 3.97. The van der Waals surface area contributed by atoms with Crippen molar-refractivity contribution in [1.29, 1.82) is 0 Å². The number of nitrogens with one attached hydrogen (secondary N) is 1. The molecule has 2 aromatic rings. The molecule has 0 bridgehead atoms. The molecule has 2 rings (SSSR count). The molecule has 0 amide bonds. The highest BCUT2D eigenvalue weighted by Crippen LogP contribution is 2.26. The average Bonchev–Trinajstić information content (AvgIpc) is 2.39. The number of aromatic hydroxyl groups is 1. The Balaban J connectivity index is 2.10. The van der Waals surface area contributed by atoms with E-state index in [1.807, 2.05) is 37.3 Å². The van der Waals surface area contributed by atoms with Gasteiger partial charge in [0.1, 0.15) is 11.5 Å². The van der Waals surface area contributed by atoms with Gasteiger partial charge in [-0.3, -0.25) is 0 Å². The fraction of sp³-hybridized carbons (Fsp3) is 0.200. The third-order valence-corrected chi connectivity index (χ3v) is 3.20. The smallest absolute Gasteiger partial charge is 0.124 e. The van der Waals surface area contributed by atoms with Crippen LogP contribution in [0.25, 0.3) is 0 Å². The lowest BCUT2D eigenvalue weighted by Crippen LogP contribution is -2.00. The summed E-state index contributed by atoms with van der Waals surface area (Å²) in [6.07, 6.45) is 0. The first-order valence-corrected chi connectivity index (χ1v) is 6.34. The van der Waals surface area contributed by atoms with Gasteiger partial charge in [-0.05, 0) is 36.8 Å². The first kappa shape index (κ1) is 13.6. The van der Waals surface area contributed by atoms with E-state index in [0.717, 1.165) is 16.8 Å². The number of rotatable bonds is 4. The lowest BCUT2D eigenvalue weighted by atomic mass is 10.1. The van der Waals surface area contributed by atoms with E-state index in [0.29, 0.717) is 17.3 Å². The van der Waals surface area contributed by atoms with Crippen molar-refractivity contribution in [3.05, 3.63) is 52.5 Å². The number of methoxy groups -OCH3 is 1. The fourth-order valence-electron chi connectivity index (χ4n) is 1.77. The quantitative estimate of drug-likeness (QED) is 0.888. The number of anilines is 1. The van der Waals surface area contributed by atoms with Crippen molar-refractivity contribution >= 4 is 17.3 Å². The number of halogens is 1. The maximum Gasteiger partial charge on any atom is 0.124 e. The van der Waals surface area contributed by atoms with Gasteiger partial charge in [0.2, 0.25) is 0 Å². The molecule has 0 heterocycles. The molecule has 0 aliphatic heterocycles. The first-order valence-electron chi connectivity index (χ1n) is 5.96. The van der Waals surface area contributed by atoms with Crippen LogP contribution in [0.3, 0.4) is 0 Å². The lowest BCUT2D eigenvalue weighted by Gasteiger charge is -2.11. The van der Waals surface area contributed by atoms with Gasteiger partial charge in [-0.25, -0.2) is 0 Å². The van der Waals surface area contributed by atoms with Gasteiger partial charge in [0.15, 0.2) is 0 Å². The minimum Gasteiger partial charge on any atom is -0.507 e. The number of phenolic OH excluding ortho intramolecular Hbond substituents is 1. The zero-order chi connectivity index (χ0) is 13.8. The van der Waals surface area contributed by atoms with E-state index in [9.17, 15) is 5.11 Å². The van der Waals surface area contributed by atoms with Crippen LogP contribution in [0, 0.1) is 6.92 Å². The van der Waals surface area contributed by atoms with Crippen LogP contribution in [0.2, 0.25) is 5.02 Å². The molecule has 2 aromatic carbocycles. The summed E-state index contributed by atoms with van der Waals surface area (Å²) < 4.78 is 5.04. The van der Waals surface area contributed by atoms with Crippen LogP contribution in [0.5, 0.6) is 11.5 Å². The Morgan fingerprint density at radius 1 is 1.21 bits per heavy atom. The van der Waals surface area contributed by atoms with E-state index in [-0.39, 0.29) is 5.75 Å². The molecular formula is C15H16ClNO2. The maximum absolute atomic E-state index is 9.86. The molecule has 4 heteroatoms. The Kier molecular flexibility index (Phi) is 4.17. The highest BCUT2D eigenvalue weighted by atomic mass is 35.5. The molecule has 0 aliphatic carbocycles. The van der Waals surface area contributed by atoms with Crippen molar-refractivity contribution in [3.63, 3.8) is 0 Å². The molecule has 100 valence electrons. The monoisotopic (exact) mass is 277 g/mol. The van der Waals surface area contributed by atoms with Crippen LogP contribution in [0.4, 0.5) is 5.69 Å². The predicted molar refractivity (Wildman–Crippen MR) is 78.2 cm³/mol. The second-order valence-electron chi connectivity index (χ2n) is 4.33. The Morgan fingerprint density at radius 3 is 2.63 bits per heavy atom. The van der Waals surface area contributed by atoms with Gasteiger partial charge in [0.25, 0.3) is 0 Å². The number of benzene rings is 2. The van der Waals surface area contributed by atoms with Gasteiger partial charge in [-0.15, -0.1) is 0 Å². The first-order chi connectivity index (χ1) is 9.10. The molecule has 0 spiro atoms. The van der Waals surface area contributed by atoms with Crippen LogP contribution in [-0.2, 0) is 6.54 Å². The van der Waals surface area contributed by atoms with Crippen LogP contribution < -0.4 is 10.1 Å². The molecule has 0 saturated heterocycles. The molecule has 19 heavy (non-hydrogen) atoms. The van der Waals surface area contributed by atoms with E-state index >= 15 is 0 Å². The summed E-state index contributed by atoms with van der Waals surface area (Å²) in [5.41, 5.74) is 2.75. The SMILES string of the molecule is COc1ccc(CNc2ccc(C)cc2Cl)c(O)c1. The largest absolute Gasteiger partial charge is 0.507 e. The summed E-state index contributed by atoms with van der Waals surface area (Å²) in [5.74, 6) is 0.838. The summed E-state index contributed by atoms with van der Waals surface area (Å²) in [6.45, 7) is 2.49. The number of aryl methyl sites for hydroxylation is 1. The Bertz CT molecular complexity index is 584. The molecule has 0 atom stereocenters. The third kappa shape index (κ3) is 3.32. The van der Waals surface area contributed by atoms with Crippen molar-refractivity contribution < 1.29 is 9.84 Å². The van der Waals surface area contributed by atoms with Crippen LogP contribution in [-0.4, -0.2) is 12.2 Å². The van der Waals surface area contributed by atoms with Gasteiger partial charge in [0, 0.05) is 18.2 Å². The molecule has 3 nitrogen and oxygen atoms in total. The number of hydrogen-bond acceptors (Lipinski definition) is 3. The minimum atomic E-state index is 0.204. The molecule has 0 fully saturated rings. The van der Waals surface area contributed by atoms with Crippen molar-refractivity contribution in [1.82, 2.24) is 0 Å². The molecular weight excluding hydrogens is 262 g/mol. The summed E-state index contributed by atoms with van der Waals surface area (Å²) >= 11 is 6.14. The Hall–Kier alpha value is -1.87. The van der Waals surface area contributed by atoms with Gasteiger partial charge in [0.05, 0.1) is 17.8 Å². The maximum atomic E-state index is 9.86. The second kappa shape index (κ2) is 5.85. The summed E-state index contributed by atoms with van der Waals surface area (Å²) in [6, 6.07) is 11.0. The molecule has 0 radical (unpaired) electrons. The van der Waals surface area contributed by atoms with Crippen molar-refractivity contribution in [3.8, 4) is 11.5 Å². The number of hydrogen-bond donors (Lipinski definition) is 2. The highest BCUT2D eigenvalue weighted by molar-refractivity contribution is 6.33. The standard InChI is InChI=1S/C15H16ClNO2/c1-10-3-6-14(13(16)7-10)17-9-11-4-5-12(19-2)8-15(11)18/h3-8,17-18H,9H2,1-2H3. The summed E-state index contributed by atoms with van der Waals surface area (Å²) in [5, 5.41) is 13.7.